The van der Waals surface area contributed by atoms with E-state index in [0.717, 1.165) is 32.3 Å². The molecule has 0 saturated carbocycles. The van der Waals surface area contributed by atoms with E-state index in [-0.39, 0.29) is 0 Å². The Labute approximate surface area is 215 Å². The predicted octanol–water partition coefficient (Wildman–Crippen LogP) is 8.45. The van der Waals surface area contributed by atoms with Crippen LogP contribution in [0, 0.1) is 0 Å². The summed E-state index contributed by atoms with van der Waals surface area (Å²) in [4.78, 5) is 42.7. The van der Waals surface area contributed by atoms with Gasteiger partial charge in [0.15, 0.2) is 0 Å². The van der Waals surface area contributed by atoms with Crippen LogP contribution in [0.25, 0.3) is 32.3 Å². The van der Waals surface area contributed by atoms with Crippen LogP contribution in [0.15, 0.2) is 127 Å². The van der Waals surface area contributed by atoms with Gasteiger partial charge in [-0.2, -0.15) is 0 Å². The van der Waals surface area contributed by atoms with Gasteiger partial charge < -0.3 is 0 Å². The monoisotopic (exact) mass is 496 g/mol. The van der Waals surface area contributed by atoms with Gasteiger partial charge in [0.1, 0.15) is 7.92 Å². The van der Waals surface area contributed by atoms with E-state index in [0.29, 0.717) is 16.7 Å². The fourth-order valence-corrected chi connectivity index (χ4v) is 6.73. The SMILES string of the molecule is O=C(c1cccc2ccccc12)P(C(=O)c1cccc2ccccc12)C(=O)c1cccc2ccccc12. The number of fused-ring (bicyclic) bond motifs is 3. The van der Waals surface area contributed by atoms with Crippen LogP contribution in [0.3, 0.4) is 0 Å². The highest BCUT2D eigenvalue weighted by atomic mass is 31.1. The average Bonchev–Trinajstić information content (AvgIpc) is 2.96. The Morgan fingerprint density at radius 1 is 0.351 bits per heavy atom. The molecule has 37 heavy (non-hydrogen) atoms. The fraction of sp³-hybridized carbons (Fsp3) is 0. The highest BCUT2D eigenvalue weighted by molar-refractivity contribution is 8.03. The van der Waals surface area contributed by atoms with E-state index in [1.165, 1.54) is 0 Å². The van der Waals surface area contributed by atoms with Gasteiger partial charge in [-0.05, 0) is 32.3 Å². The summed E-state index contributed by atoms with van der Waals surface area (Å²) < 4.78 is 0. The van der Waals surface area contributed by atoms with E-state index >= 15 is 0 Å². The molecule has 0 aliphatic heterocycles. The molecule has 0 heterocycles. The molecule has 176 valence electrons. The second-order valence-electron chi connectivity index (χ2n) is 8.83. The Hall–Kier alpha value is -4.46. The summed E-state index contributed by atoms with van der Waals surface area (Å²) in [5, 5.41) is 4.87. The van der Waals surface area contributed by atoms with Crippen molar-refractivity contribution < 1.29 is 14.4 Å². The van der Waals surface area contributed by atoms with Crippen molar-refractivity contribution in [2.45, 2.75) is 0 Å². The molecule has 4 heteroatoms. The highest BCUT2D eigenvalue weighted by Gasteiger charge is 2.37. The summed E-state index contributed by atoms with van der Waals surface area (Å²) in [6, 6.07) is 39.0. The predicted molar refractivity (Wildman–Crippen MR) is 152 cm³/mol. The van der Waals surface area contributed by atoms with Crippen LogP contribution in [-0.2, 0) is 0 Å². The Kier molecular flexibility index (Phi) is 5.92. The van der Waals surface area contributed by atoms with Crippen LogP contribution in [-0.4, -0.2) is 16.6 Å². The summed E-state index contributed by atoms with van der Waals surface area (Å²) in [6.07, 6.45) is 0. The molecule has 0 atom stereocenters. The lowest BCUT2D eigenvalue weighted by atomic mass is 10.1. The van der Waals surface area contributed by atoms with Crippen LogP contribution in [0.2, 0.25) is 0 Å². The molecule has 0 radical (unpaired) electrons. The summed E-state index contributed by atoms with van der Waals surface area (Å²) >= 11 is 0. The molecule has 0 saturated heterocycles. The third kappa shape index (κ3) is 4.04. The van der Waals surface area contributed by atoms with Gasteiger partial charge in [0.2, 0.25) is 16.6 Å². The minimum atomic E-state index is -2.41. The van der Waals surface area contributed by atoms with Crippen molar-refractivity contribution in [3.05, 3.63) is 144 Å². The molecular formula is C33H21O3P. The minimum Gasteiger partial charge on any atom is -0.288 e. The third-order valence-electron chi connectivity index (χ3n) is 6.67. The van der Waals surface area contributed by atoms with Crippen molar-refractivity contribution in [3.63, 3.8) is 0 Å². The van der Waals surface area contributed by atoms with Crippen LogP contribution in [0.4, 0.5) is 0 Å². The Bertz CT molecular complexity index is 1620. The van der Waals surface area contributed by atoms with Crippen LogP contribution < -0.4 is 0 Å². The quantitative estimate of drug-likeness (QED) is 0.217. The summed E-state index contributed by atoms with van der Waals surface area (Å²) in [7, 11) is -2.41. The zero-order valence-electron chi connectivity index (χ0n) is 19.8. The maximum absolute atomic E-state index is 14.2. The molecule has 6 rings (SSSR count). The molecule has 0 spiro atoms. The van der Waals surface area contributed by atoms with E-state index in [1.807, 2.05) is 91.0 Å². The molecule has 0 N–H and O–H groups in total. The van der Waals surface area contributed by atoms with Gasteiger partial charge in [0, 0.05) is 16.7 Å². The van der Waals surface area contributed by atoms with Gasteiger partial charge in [-0.1, -0.05) is 127 Å². The molecule has 0 aliphatic rings. The van der Waals surface area contributed by atoms with Crippen molar-refractivity contribution in [2.24, 2.45) is 0 Å². The van der Waals surface area contributed by atoms with E-state index in [1.54, 1.807) is 36.4 Å². The van der Waals surface area contributed by atoms with Gasteiger partial charge in [-0.15, -0.1) is 0 Å². The second kappa shape index (κ2) is 9.54. The molecule has 6 aromatic carbocycles. The number of rotatable bonds is 6. The number of carbonyl (C=O) groups is 3. The van der Waals surface area contributed by atoms with E-state index in [2.05, 4.69) is 0 Å². The van der Waals surface area contributed by atoms with Gasteiger partial charge in [-0.25, -0.2) is 0 Å². The van der Waals surface area contributed by atoms with Crippen molar-refractivity contribution in [3.8, 4) is 0 Å². The third-order valence-corrected chi connectivity index (χ3v) is 8.61. The molecule has 6 aromatic rings. The number of hydrogen-bond donors (Lipinski definition) is 0. The van der Waals surface area contributed by atoms with Crippen LogP contribution in [0.5, 0.6) is 0 Å². The molecule has 0 aromatic heterocycles. The smallest absolute Gasteiger partial charge is 0.200 e. The van der Waals surface area contributed by atoms with Gasteiger partial charge in [0.25, 0.3) is 0 Å². The number of hydrogen-bond acceptors (Lipinski definition) is 3. The first-order valence-corrected chi connectivity index (χ1v) is 13.3. The molecule has 0 unspecified atom stereocenters. The largest absolute Gasteiger partial charge is 0.288 e. The van der Waals surface area contributed by atoms with E-state index in [4.69, 9.17) is 0 Å². The fourth-order valence-electron chi connectivity index (χ4n) is 4.87. The van der Waals surface area contributed by atoms with Crippen molar-refractivity contribution in [1.29, 1.82) is 0 Å². The van der Waals surface area contributed by atoms with Crippen LogP contribution >= 0.6 is 7.92 Å². The first-order valence-electron chi connectivity index (χ1n) is 12.0. The Morgan fingerprint density at radius 3 is 0.946 bits per heavy atom. The Balaban J connectivity index is 1.57. The van der Waals surface area contributed by atoms with E-state index in [9.17, 15) is 14.4 Å². The molecule has 3 nitrogen and oxygen atoms in total. The molecular weight excluding hydrogens is 475 g/mol. The lowest BCUT2D eigenvalue weighted by Gasteiger charge is -2.17. The van der Waals surface area contributed by atoms with Crippen molar-refractivity contribution in [1.82, 2.24) is 0 Å². The van der Waals surface area contributed by atoms with Crippen molar-refractivity contribution >= 4 is 56.8 Å². The summed E-state index contributed by atoms with van der Waals surface area (Å²) in [5.74, 6) is 0. The second-order valence-corrected chi connectivity index (χ2v) is 10.7. The lowest BCUT2D eigenvalue weighted by Crippen LogP contribution is -2.15. The standard InChI is InChI=1S/C33H21O3P/c34-31(28-19-7-13-22-10-1-4-16-25(22)28)37(32(35)29-20-8-14-23-11-2-5-17-26(23)29)33(36)30-21-9-15-24-12-3-6-18-27(24)30/h1-21H. The summed E-state index contributed by atoms with van der Waals surface area (Å²) in [5.41, 5.74) is -0.0999. The maximum Gasteiger partial charge on any atom is 0.200 e. The number of carbonyl (C=O) groups excluding carboxylic acids is 3. The Morgan fingerprint density at radius 2 is 0.622 bits per heavy atom. The summed E-state index contributed by atoms with van der Waals surface area (Å²) in [6.45, 7) is 0. The molecule has 0 aliphatic carbocycles. The first kappa shape index (κ1) is 23.0. The van der Waals surface area contributed by atoms with Crippen molar-refractivity contribution in [2.75, 3.05) is 0 Å². The molecule has 0 fully saturated rings. The molecule has 0 bridgehead atoms. The lowest BCUT2D eigenvalue weighted by molar-refractivity contribution is 0.102. The van der Waals surface area contributed by atoms with E-state index < -0.39 is 24.5 Å². The average molecular weight is 497 g/mol. The van der Waals surface area contributed by atoms with Gasteiger partial charge >= 0.3 is 0 Å². The number of benzene rings is 6. The van der Waals surface area contributed by atoms with Gasteiger partial charge in [0.05, 0.1) is 0 Å². The van der Waals surface area contributed by atoms with Gasteiger partial charge in [-0.3, -0.25) is 14.4 Å². The first-order chi connectivity index (χ1) is 18.1. The molecule has 0 amide bonds. The highest BCUT2D eigenvalue weighted by Crippen LogP contribution is 2.49. The minimum absolute atomic E-state index is 0.395. The maximum atomic E-state index is 14.2. The normalized spacial score (nSPS) is 11.3. The topological polar surface area (TPSA) is 51.2 Å². The zero-order chi connectivity index (χ0) is 25.4. The zero-order valence-corrected chi connectivity index (χ0v) is 20.7. The van der Waals surface area contributed by atoms with Crippen LogP contribution in [0.1, 0.15) is 31.1 Å².